The number of thiophene rings is 1. The summed E-state index contributed by atoms with van der Waals surface area (Å²) in [4.78, 5) is 29.5. The minimum Gasteiger partial charge on any atom is -0.350 e. The van der Waals surface area contributed by atoms with E-state index in [0.29, 0.717) is 5.69 Å². The van der Waals surface area contributed by atoms with E-state index in [-0.39, 0.29) is 24.4 Å². The summed E-state index contributed by atoms with van der Waals surface area (Å²) in [7, 11) is 0. The summed E-state index contributed by atoms with van der Waals surface area (Å²) in [5, 5.41) is 4.81. The van der Waals surface area contributed by atoms with E-state index in [9.17, 15) is 9.59 Å². The number of nitrogens with one attached hydrogen (secondary N) is 1. The smallest absolute Gasteiger partial charge is 0.248 e. The Balaban J connectivity index is 1.74. The fraction of sp³-hybridized carbons (Fsp3) is 0.143. The summed E-state index contributed by atoms with van der Waals surface area (Å²) in [5.74, 6) is -1.27. The molecule has 4 nitrogen and oxygen atoms in total. The maximum absolute atomic E-state index is 15.0. The van der Waals surface area contributed by atoms with Crippen molar-refractivity contribution in [2.75, 3.05) is 4.90 Å². The van der Waals surface area contributed by atoms with Crippen LogP contribution in [0, 0.1) is 12.7 Å². The highest BCUT2D eigenvalue weighted by atomic mass is 32.1. The van der Waals surface area contributed by atoms with Gasteiger partial charge in [-0.05, 0) is 42.1 Å². The van der Waals surface area contributed by atoms with Crippen molar-refractivity contribution in [1.29, 1.82) is 0 Å². The molecule has 172 valence electrons. The van der Waals surface area contributed by atoms with Crippen LogP contribution >= 0.6 is 11.3 Å². The molecule has 1 aromatic heterocycles. The van der Waals surface area contributed by atoms with Crippen LogP contribution in [0.25, 0.3) is 0 Å². The molecule has 0 spiro atoms. The van der Waals surface area contributed by atoms with E-state index in [1.807, 2.05) is 66.9 Å². The third-order valence-electron chi connectivity index (χ3n) is 5.50. The van der Waals surface area contributed by atoms with Crippen LogP contribution in [-0.2, 0) is 22.6 Å². The van der Waals surface area contributed by atoms with Crippen LogP contribution in [-0.4, -0.2) is 11.8 Å². The van der Waals surface area contributed by atoms with Crippen molar-refractivity contribution in [3.05, 3.63) is 124 Å². The molecule has 1 atom stereocenters. The highest BCUT2D eigenvalue weighted by Crippen LogP contribution is 2.31. The SMILES string of the molecule is Cc1ccc(N(C(=O)Cc2cccs2)C(C(=O)NCc2ccccc2)c2ccccc2F)cc1. The maximum Gasteiger partial charge on any atom is 0.248 e. The fourth-order valence-corrected chi connectivity index (χ4v) is 4.46. The minimum absolute atomic E-state index is 0.114. The number of anilines is 1. The van der Waals surface area contributed by atoms with Gasteiger partial charge in [-0.1, -0.05) is 72.3 Å². The fourth-order valence-electron chi connectivity index (χ4n) is 3.77. The second-order valence-corrected chi connectivity index (χ2v) is 9.02. The minimum atomic E-state index is -1.17. The van der Waals surface area contributed by atoms with Crippen molar-refractivity contribution in [3.8, 4) is 0 Å². The lowest BCUT2D eigenvalue weighted by molar-refractivity contribution is -0.126. The lowest BCUT2D eigenvalue weighted by Gasteiger charge is -2.32. The molecule has 0 aliphatic heterocycles. The normalized spacial score (nSPS) is 11.6. The monoisotopic (exact) mass is 472 g/mol. The van der Waals surface area contributed by atoms with Gasteiger partial charge in [-0.25, -0.2) is 4.39 Å². The van der Waals surface area contributed by atoms with E-state index in [1.165, 1.54) is 22.3 Å². The number of aryl methyl sites for hydroxylation is 1. The summed E-state index contributed by atoms with van der Waals surface area (Å²) in [5.41, 5.74) is 2.61. The number of hydrogen-bond donors (Lipinski definition) is 1. The molecule has 3 aromatic carbocycles. The zero-order chi connectivity index (χ0) is 23.9. The molecule has 0 aliphatic carbocycles. The zero-order valence-corrected chi connectivity index (χ0v) is 19.6. The third kappa shape index (κ3) is 5.58. The van der Waals surface area contributed by atoms with Gasteiger partial charge in [0.15, 0.2) is 0 Å². The molecule has 4 aromatic rings. The van der Waals surface area contributed by atoms with Crippen molar-refractivity contribution in [3.63, 3.8) is 0 Å². The number of nitrogens with zero attached hydrogens (tertiary/aromatic N) is 1. The molecular weight excluding hydrogens is 447 g/mol. The van der Waals surface area contributed by atoms with Crippen LogP contribution < -0.4 is 10.2 Å². The maximum atomic E-state index is 15.0. The number of halogens is 1. The number of carbonyl (C=O) groups is 2. The largest absolute Gasteiger partial charge is 0.350 e. The summed E-state index contributed by atoms with van der Waals surface area (Å²) in [6, 6.07) is 25.5. The van der Waals surface area contributed by atoms with Crippen molar-refractivity contribution >= 4 is 28.8 Å². The average molecular weight is 473 g/mol. The summed E-state index contributed by atoms with van der Waals surface area (Å²) in [6.07, 6.45) is 0.114. The summed E-state index contributed by atoms with van der Waals surface area (Å²) >= 11 is 1.47. The van der Waals surface area contributed by atoms with E-state index in [1.54, 1.807) is 30.3 Å². The first-order valence-electron chi connectivity index (χ1n) is 11.0. The van der Waals surface area contributed by atoms with E-state index in [0.717, 1.165) is 16.0 Å². The van der Waals surface area contributed by atoms with E-state index < -0.39 is 17.8 Å². The van der Waals surface area contributed by atoms with Gasteiger partial charge in [-0.2, -0.15) is 0 Å². The van der Waals surface area contributed by atoms with E-state index >= 15 is 4.39 Å². The lowest BCUT2D eigenvalue weighted by atomic mass is 10.0. The highest BCUT2D eigenvalue weighted by molar-refractivity contribution is 7.10. The van der Waals surface area contributed by atoms with Crippen LogP contribution in [0.2, 0.25) is 0 Å². The Kier molecular flexibility index (Phi) is 7.50. The van der Waals surface area contributed by atoms with E-state index in [4.69, 9.17) is 0 Å². The van der Waals surface area contributed by atoms with Gasteiger partial charge in [0.1, 0.15) is 11.9 Å². The first kappa shape index (κ1) is 23.4. The van der Waals surface area contributed by atoms with Crippen LogP contribution in [0.1, 0.15) is 27.6 Å². The number of benzene rings is 3. The van der Waals surface area contributed by atoms with Crippen LogP contribution in [0.3, 0.4) is 0 Å². The quantitative estimate of drug-likeness (QED) is 0.351. The van der Waals surface area contributed by atoms with Gasteiger partial charge in [0.2, 0.25) is 11.8 Å². The zero-order valence-electron chi connectivity index (χ0n) is 18.8. The first-order valence-corrected chi connectivity index (χ1v) is 11.9. The molecule has 0 bridgehead atoms. The van der Waals surface area contributed by atoms with Gasteiger partial charge >= 0.3 is 0 Å². The molecule has 4 rings (SSSR count). The number of amides is 2. The molecule has 1 N–H and O–H groups in total. The van der Waals surface area contributed by atoms with Crippen LogP contribution in [0.15, 0.2) is 96.4 Å². The topological polar surface area (TPSA) is 49.4 Å². The van der Waals surface area contributed by atoms with E-state index in [2.05, 4.69) is 5.32 Å². The highest BCUT2D eigenvalue weighted by Gasteiger charge is 2.34. The average Bonchev–Trinajstić information content (AvgIpc) is 3.36. The second kappa shape index (κ2) is 10.9. The first-order chi connectivity index (χ1) is 16.5. The molecule has 0 aliphatic rings. The standard InChI is InChI=1S/C28H25FN2O2S/c1-20-13-15-22(16-14-20)31(26(32)18-23-10-7-17-34-23)27(24-11-5-6-12-25(24)29)28(33)30-19-21-8-3-2-4-9-21/h2-17,27H,18-19H2,1H3,(H,30,33). The summed E-state index contributed by atoms with van der Waals surface area (Å²) < 4.78 is 15.0. The van der Waals surface area contributed by atoms with Gasteiger partial charge in [0, 0.05) is 22.7 Å². The predicted octanol–water partition coefficient (Wildman–Crippen LogP) is 5.83. The molecule has 6 heteroatoms. The molecule has 1 unspecified atom stereocenters. The third-order valence-corrected chi connectivity index (χ3v) is 6.38. The number of hydrogen-bond acceptors (Lipinski definition) is 3. The van der Waals surface area contributed by atoms with Gasteiger partial charge in [-0.15, -0.1) is 11.3 Å². The van der Waals surface area contributed by atoms with Gasteiger partial charge in [0.05, 0.1) is 6.42 Å². The van der Waals surface area contributed by atoms with Crippen molar-refractivity contribution < 1.29 is 14.0 Å². The number of rotatable bonds is 8. The Labute approximate surface area is 202 Å². The number of carbonyl (C=O) groups excluding carboxylic acids is 2. The Morgan fingerprint density at radius 3 is 2.29 bits per heavy atom. The van der Waals surface area contributed by atoms with Crippen molar-refractivity contribution in [1.82, 2.24) is 5.32 Å². The van der Waals surface area contributed by atoms with Crippen LogP contribution in [0.5, 0.6) is 0 Å². The molecule has 0 fully saturated rings. The van der Waals surface area contributed by atoms with Gasteiger partial charge in [-0.3, -0.25) is 14.5 Å². The second-order valence-electron chi connectivity index (χ2n) is 7.98. The molecule has 1 heterocycles. The lowest BCUT2D eigenvalue weighted by Crippen LogP contribution is -2.44. The Bertz CT molecular complexity index is 1240. The van der Waals surface area contributed by atoms with Crippen molar-refractivity contribution in [2.24, 2.45) is 0 Å². The predicted molar refractivity (Wildman–Crippen MR) is 134 cm³/mol. The molecule has 0 radical (unpaired) electrons. The molecule has 0 saturated carbocycles. The van der Waals surface area contributed by atoms with Gasteiger partial charge in [0.25, 0.3) is 0 Å². The molecular formula is C28H25FN2O2S. The van der Waals surface area contributed by atoms with Gasteiger partial charge < -0.3 is 5.32 Å². The molecule has 0 saturated heterocycles. The molecule has 34 heavy (non-hydrogen) atoms. The Hall–Kier alpha value is -3.77. The van der Waals surface area contributed by atoms with Crippen molar-refractivity contribution in [2.45, 2.75) is 25.9 Å². The van der Waals surface area contributed by atoms with Crippen LogP contribution in [0.4, 0.5) is 10.1 Å². The molecule has 2 amide bonds. The Morgan fingerprint density at radius 1 is 0.912 bits per heavy atom. The summed E-state index contributed by atoms with van der Waals surface area (Å²) in [6.45, 7) is 2.22. The Morgan fingerprint density at radius 2 is 1.62 bits per heavy atom.